The predicted octanol–water partition coefficient (Wildman–Crippen LogP) is 2.53. The van der Waals surface area contributed by atoms with Gasteiger partial charge in [0.2, 0.25) is 5.91 Å². The first kappa shape index (κ1) is 14.9. The third-order valence-electron chi connectivity index (χ3n) is 3.72. The van der Waals surface area contributed by atoms with Gasteiger partial charge >= 0.3 is 0 Å². The molecule has 4 heterocycles. The van der Waals surface area contributed by atoms with Gasteiger partial charge in [-0.3, -0.25) is 14.8 Å². The lowest BCUT2D eigenvalue weighted by Crippen LogP contribution is -2.18. The topological polar surface area (TPSA) is 85.6 Å². The molecule has 25 heavy (non-hydrogen) atoms. The van der Waals surface area contributed by atoms with Gasteiger partial charge in [-0.25, -0.2) is 9.97 Å². The largest absolute Gasteiger partial charge is 0.328 e. The van der Waals surface area contributed by atoms with E-state index in [9.17, 15) is 4.79 Å². The Hall–Kier alpha value is -3.61. The summed E-state index contributed by atoms with van der Waals surface area (Å²) in [5.74, 6) is 0.323. The number of imidazole rings is 1. The van der Waals surface area contributed by atoms with Crippen LogP contribution in [0.4, 0.5) is 5.82 Å². The summed E-state index contributed by atoms with van der Waals surface area (Å²) < 4.78 is 1.69. The number of nitrogens with zero attached hydrogens (tertiary/aromatic N) is 5. The Labute approximate surface area is 143 Å². The predicted molar refractivity (Wildman–Crippen MR) is 93.6 cm³/mol. The number of pyridine rings is 3. The van der Waals surface area contributed by atoms with Gasteiger partial charge in [0.05, 0.1) is 18.0 Å². The number of aromatic nitrogens is 5. The number of anilines is 1. The van der Waals surface area contributed by atoms with Gasteiger partial charge in [0.1, 0.15) is 12.4 Å². The van der Waals surface area contributed by atoms with Crippen molar-refractivity contribution >= 4 is 22.6 Å². The quantitative estimate of drug-likeness (QED) is 0.621. The molecular weight excluding hydrogens is 316 g/mol. The van der Waals surface area contributed by atoms with Gasteiger partial charge < -0.3 is 9.88 Å². The van der Waals surface area contributed by atoms with Crippen molar-refractivity contribution in [1.82, 2.24) is 24.5 Å². The van der Waals surface area contributed by atoms with E-state index in [4.69, 9.17) is 0 Å². The molecule has 0 aromatic carbocycles. The second-order valence-corrected chi connectivity index (χ2v) is 5.51. The van der Waals surface area contributed by atoms with Gasteiger partial charge in [-0.2, -0.15) is 0 Å². The molecule has 0 unspecified atom stereocenters. The fourth-order valence-electron chi connectivity index (χ4n) is 2.52. The van der Waals surface area contributed by atoms with Gasteiger partial charge in [0.15, 0.2) is 0 Å². The van der Waals surface area contributed by atoms with Gasteiger partial charge in [0.25, 0.3) is 0 Å². The van der Waals surface area contributed by atoms with E-state index < -0.39 is 0 Å². The third kappa shape index (κ3) is 3.35. The number of fused-ring (bicyclic) bond motifs is 1. The first-order valence-corrected chi connectivity index (χ1v) is 7.70. The molecular formula is C18H14N6O. The fraction of sp³-hybridized carbons (Fsp3) is 0.0556. The number of hydrogen-bond donors (Lipinski definition) is 1. The SMILES string of the molecule is O=C(Cn1ccnc1)Nc1cc2cc(-c3cccnc3)cnc2cn1. The number of nitrogens with one attached hydrogen (secondary N) is 1. The minimum Gasteiger partial charge on any atom is -0.328 e. The van der Waals surface area contributed by atoms with Crippen molar-refractivity contribution in [3.8, 4) is 11.1 Å². The minimum atomic E-state index is -0.166. The molecule has 0 saturated carbocycles. The van der Waals surface area contributed by atoms with E-state index in [1.54, 1.807) is 48.1 Å². The normalized spacial score (nSPS) is 10.7. The van der Waals surface area contributed by atoms with Crippen molar-refractivity contribution in [2.75, 3.05) is 5.32 Å². The summed E-state index contributed by atoms with van der Waals surface area (Å²) in [6.45, 7) is 0.188. The average molecular weight is 330 g/mol. The zero-order valence-corrected chi connectivity index (χ0v) is 13.2. The van der Waals surface area contributed by atoms with Crippen LogP contribution in [0, 0.1) is 0 Å². The van der Waals surface area contributed by atoms with Crippen LogP contribution in [0.15, 0.2) is 67.8 Å². The minimum absolute atomic E-state index is 0.166. The van der Waals surface area contributed by atoms with Crippen molar-refractivity contribution in [3.63, 3.8) is 0 Å². The number of carbonyl (C=O) groups is 1. The van der Waals surface area contributed by atoms with Crippen LogP contribution in [-0.2, 0) is 11.3 Å². The molecule has 4 aromatic heterocycles. The monoisotopic (exact) mass is 330 g/mol. The molecule has 4 rings (SSSR count). The van der Waals surface area contributed by atoms with E-state index in [1.807, 2.05) is 24.3 Å². The van der Waals surface area contributed by atoms with Crippen LogP contribution in [0.5, 0.6) is 0 Å². The molecule has 4 aromatic rings. The van der Waals surface area contributed by atoms with Crippen LogP contribution in [-0.4, -0.2) is 30.4 Å². The average Bonchev–Trinajstić information content (AvgIpc) is 3.14. The molecule has 7 heteroatoms. The number of carbonyl (C=O) groups excluding carboxylic acids is 1. The molecule has 0 aliphatic carbocycles. The second-order valence-electron chi connectivity index (χ2n) is 5.51. The molecule has 0 radical (unpaired) electrons. The molecule has 7 nitrogen and oxygen atoms in total. The number of amides is 1. The van der Waals surface area contributed by atoms with Crippen LogP contribution in [0.1, 0.15) is 0 Å². The van der Waals surface area contributed by atoms with Crippen LogP contribution in [0.25, 0.3) is 22.0 Å². The summed E-state index contributed by atoms with van der Waals surface area (Å²) in [5, 5.41) is 3.69. The molecule has 0 aliphatic rings. The summed E-state index contributed by atoms with van der Waals surface area (Å²) in [7, 11) is 0. The Morgan fingerprint density at radius 1 is 1.04 bits per heavy atom. The fourth-order valence-corrected chi connectivity index (χ4v) is 2.52. The molecule has 1 amide bonds. The summed E-state index contributed by atoms with van der Waals surface area (Å²) in [5.41, 5.74) is 2.71. The van der Waals surface area contributed by atoms with E-state index >= 15 is 0 Å². The van der Waals surface area contributed by atoms with Gasteiger partial charge in [-0.1, -0.05) is 6.07 Å². The van der Waals surface area contributed by atoms with Crippen molar-refractivity contribution in [1.29, 1.82) is 0 Å². The highest BCUT2D eigenvalue weighted by Crippen LogP contribution is 2.23. The summed E-state index contributed by atoms with van der Waals surface area (Å²) in [6.07, 6.45) is 11.9. The highest BCUT2D eigenvalue weighted by atomic mass is 16.2. The zero-order chi connectivity index (χ0) is 17.1. The summed E-state index contributed by atoms with van der Waals surface area (Å²) >= 11 is 0. The standard InChI is InChI=1S/C18H14N6O/c25-18(11-24-5-4-20-12-24)23-17-7-14-6-15(9-21-16(14)10-22-17)13-2-1-3-19-8-13/h1-10,12H,11H2,(H,22,23,25). The maximum absolute atomic E-state index is 12.1. The molecule has 0 spiro atoms. The number of hydrogen-bond acceptors (Lipinski definition) is 5. The van der Waals surface area contributed by atoms with Crippen LogP contribution >= 0.6 is 0 Å². The van der Waals surface area contributed by atoms with Gasteiger partial charge in [-0.05, 0) is 18.2 Å². The lowest BCUT2D eigenvalue weighted by Gasteiger charge is -2.07. The van der Waals surface area contributed by atoms with E-state index in [-0.39, 0.29) is 12.5 Å². The molecule has 122 valence electrons. The van der Waals surface area contributed by atoms with Crippen LogP contribution < -0.4 is 5.32 Å². The van der Waals surface area contributed by atoms with Crippen molar-refractivity contribution < 1.29 is 4.79 Å². The van der Waals surface area contributed by atoms with Crippen molar-refractivity contribution in [2.24, 2.45) is 0 Å². The Morgan fingerprint density at radius 2 is 2.00 bits per heavy atom. The van der Waals surface area contributed by atoms with Crippen molar-refractivity contribution in [3.05, 3.63) is 67.8 Å². The molecule has 0 fully saturated rings. The Bertz CT molecular complexity index is 1010. The third-order valence-corrected chi connectivity index (χ3v) is 3.72. The molecule has 1 N–H and O–H groups in total. The maximum atomic E-state index is 12.1. The van der Waals surface area contributed by atoms with Crippen LogP contribution in [0.3, 0.4) is 0 Å². The Morgan fingerprint density at radius 3 is 2.80 bits per heavy atom. The molecule has 0 atom stereocenters. The first-order valence-electron chi connectivity index (χ1n) is 7.70. The van der Waals surface area contributed by atoms with Gasteiger partial charge in [0, 0.05) is 47.5 Å². The van der Waals surface area contributed by atoms with E-state index in [0.717, 1.165) is 22.0 Å². The lowest BCUT2D eigenvalue weighted by molar-refractivity contribution is -0.116. The van der Waals surface area contributed by atoms with E-state index in [0.29, 0.717) is 5.82 Å². The zero-order valence-electron chi connectivity index (χ0n) is 13.2. The Balaban J connectivity index is 1.59. The highest BCUT2D eigenvalue weighted by Gasteiger charge is 2.07. The van der Waals surface area contributed by atoms with E-state index in [1.165, 1.54) is 0 Å². The van der Waals surface area contributed by atoms with E-state index in [2.05, 4.69) is 25.3 Å². The maximum Gasteiger partial charge on any atom is 0.245 e. The first-order chi connectivity index (χ1) is 12.3. The lowest BCUT2D eigenvalue weighted by atomic mass is 10.1. The van der Waals surface area contributed by atoms with Gasteiger partial charge in [-0.15, -0.1) is 0 Å². The second kappa shape index (κ2) is 6.48. The molecule has 0 aliphatic heterocycles. The van der Waals surface area contributed by atoms with Crippen LogP contribution in [0.2, 0.25) is 0 Å². The molecule has 0 saturated heterocycles. The number of rotatable bonds is 4. The Kier molecular flexibility index (Phi) is 3.88. The smallest absolute Gasteiger partial charge is 0.245 e. The summed E-state index contributed by atoms with van der Waals surface area (Å²) in [4.78, 5) is 28.8. The summed E-state index contributed by atoms with van der Waals surface area (Å²) in [6, 6.07) is 7.68. The van der Waals surface area contributed by atoms with Crippen molar-refractivity contribution in [2.45, 2.75) is 6.54 Å². The highest BCUT2D eigenvalue weighted by molar-refractivity contribution is 5.92. The molecule has 0 bridgehead atoms.